The second-order valence-corrected chi connectivity index (χ2v) is 8.25. The summed E-state index contributed by atoms with van der Waals surface area (Å²) < 4.78 is 33.3. The minimum Gasteiger partial charge on any atom is -0.464 e. The SMILES string of the molecule is CC1(C)C(=O)Nc2ccc(S(=O)(=O)Nc3ccc4occc4c3)cc21. The maximum atomic E-state index is 12.7. The van der Waals surface area contributed by atoms with Crippen molar-refractivity contribution in [1.29, 1.82) is 0 Å². The second-order valence-electron chi connectivity index (χ2n) is 6.57. The summed E-state index contributed by atoms with van der Waals surface area (Å²) in [6.07, 6.45) is 1.55. The van der Waals surface area contributed by atoms with E-state index >= 15 is 0 Å². The number of sulfonamides is 1. The third-order valence-electron chi connectivity index (χ3n) is 4.50. The predicted octanol–water partition coefficient (Wildman–Crippen LogP) is 3.46. The summed E-state index contributed by atoms with van der Waals surface area (Å²) in [5, 5.41) is 3.58. The van der Waals surface area contributed by atoms with Crippen molar-refractivity contribution >= 4 is 38.3 Å². The lowest BCUT2D eigenvalue weighted by molar-refractivity contribution is -0.119. The molecular formula is C18H16N2O4S. The first-order valence-corrected chi connectivity index (χ1v) is 9.22. The molecule has 0 fully saturated rings. The zero-order chi connectivity index (χ0) is 17.8. The molecule has 0 saturated heterocycles. The molecule has 25 heavy (non-hydrogen) atoms. The highest BCUT2D eigenvalue weighted by Gasteiger charge is 2.39. The topological polar surface area (TPSA) is 88.4 Å². The third kappa shape index (κ3) is 2.47. The normalized spacial score (nSPS) is 15.8. The van der Waals surface area contributed by atoms with Gasteiger partial charge in [-0.15, -0.1) is 0 Å². The van der Waals surface area contributed by atoms with Gasteiger partial charge in [0.05, 0.1) is 16.6 Å². The molecule has 0 atom stereocenters. The lowest BCUT2D eigenvalue weighted by Gasteiger charge is -2.16. The van der Waals surface area contributed by atoms with Crippen LogP contribution in [0.1, 0.15) is 19.4 Å². The van der Waals surface area contributed by atoms with Gasteiger partial charge in [0.1, 0.15) is 5.58 Å². The zero-order valence-corrected chi connectivity index (χ0v) is 14.5. The van der Waals surface area contributed by atoms with Crippen LogP contribution in [0.2, 0.25) is 0 Å². The minimum atomic E-state index is -3.77. The number of hydrogen-bond donors (Lipinski definition) is 2. The van der Waals surface area contributed by atoms with Crippen LogP contribution in [-0.4, -0.2) is 14.3 Å². The first kappa shape index (κ1) is 15.7. The monoisotopic (exact) mass is 356 g/mol. The average Bonchev–Trinajstić information content (AvgIpc) is 3.09. The molecule has 4 rings (SSSR count). The van der Waals surface area contributed by atoms with Gasteiger partial charge in [-0.2, -0.15) is 0 Å². The Morgan fingerprint density at radius 2 is 1.88 bits per heavy atom. The van der Waals surface area contributed by atoms with Gasteiger partial charge in [-0.05, 0) is 61.9 Å². The van der Waals surface area contributed by atoms with Gasteiger partial charge in [-0.1, -0.05) is 0 Å². The fourth-order valence-corrected chi connectivity index (χ4v) is 4.04. The molecular weight excluding hydrogens is 340 g/mol. The van der Waals surface area contributed by atoms with Crippen LogP contribution in [0, 0.1) is 0 Å². The molecule has 0 saturated carbocycles. The highest BCUT2D eigenvalue weighted by Crippen LogP contribution is 2.38. The van der Waals surface area contributed by atoms with E-state index in [0.29, 0.717) is 22.5 Å². The van der Waals surface area contributed by atoms with E-state index in [-0.39, 0.29) is 10.8 Å². The van der Waals surface area contributed by atoms with Crippen LogP contribution in [0.15, 0.2) is 58.0 Å². The number of rotatable bonds is 3. The summed E-state index contributed by atoms with van der Waals surface area (Å²) in [6.45, 7) is 3.54. The Balaban J connectivity index is 1.71. The predicted molar refractivity (Wildman–Crippen MR) is 95.1 cm³/mol. The zero-order valence-electron chi connectivity index (χ0n) is 13.7. The van der Waals surface area contributed by atoms with Crippen LogP contribution in [0.25, 0.3) is 11.0 Å². The molecule has 128 valence electrons. The van der Waals surface area contributed by atoms with E-state index in [4.69, 9.17) is 4.42 Å². The van der Waals surface area contributed by atoms with Crippen molar-refractivity contribution in [2.24, 2.45) is 0 Å². The molecule has 3 aromatic rings. The van der Waals surface area contributed by atoms with Crippen molar-refractivity contribution in [2.75, 3.05) is 10.0 Å². The second kappa shape index (κ2) is 5.10. The van der Waals surface area contributed by atoms with Crippen LogP contribution < -0.4 is 10.0 Å². The number of fused-ring (bicyclic) bond motifs is 2. The van der Waals surface area contributed by atoms with Crippen LogP contribution in [-0.2, 0) is 20.2 Å². The van der Waals surface area contributed by atoms with Crippen molar-refractivity contribution in [3.05, 3.63) is 54.3 Å². The maximum absolute atomic E-state index is 12.7. The summed E-state index contributed by atoms with van der Waals surface area (Å²) in [4.78, 5) is 12.1. The highest BCUT2D eigenvalue weighted by molar-refractivity contribution is 7.92. The number of furan rings is 1. The van der Waals surface area contributed by atoms with E-state index < -0.39 is 15.4 Å². The highest BCUT2D eigenvalue weighted by atomic mass is 32.2. The summed E-state index contributed by atoms with van der Waals surface area (Å²) in [5.74, 6) is -0.143. The van der Waals surface area contributed by atoms with Gasteiger partial charge >= 0.3 is 0 Å². The number of nitrogens with one attached hydrogen (secondary N) is 2. The van der Waals surface area contributed by atoms with E-state index in [2.05, 4.69) is 10.0 Å². The van der Waals surface area contributed by atoms with Crippen LogP contribution >= 0.6 is 0 Å². The van der Waals surface area contributed by atoms with Gasteiger partial charge in [0, 0.05) is 16.8 Å². The van der Waals surface area contributed by atoms with Crippen LogP contribution in [0.5, 0.6) is 0 Å². The quantitative estimate of drug-likeness (QED) is 0.752. The van der Waals surface area contributed by atoms with Crippen LogP contribution in [0.3, 0.4) is 0 Å². The van der Waals surface area contributed by atoms with E-state index in [1.165, 1.54) is 6.07 Å². The lowest BCUT2D eigenvalue weighted by Crippen LogP contribution is -2.27. The molecule has 1 aliphatic rings. The molecule has 0 spiro atoms. The summed E-state index contributed by atoms with van der Waals surface area (Å²) in [5.41, 5.74) is 1.69. The number of carbonyl (C=O) groups excluding carboxylic acids is 1. The first-order valence-electron chi connectivity index (χ1n) is 7.73. The molecule has 6 nitrogen and oxygen atoms in total. The first-order chi connectivity index (χ1) is 11.8. The third-order valence-corrected chi connectivity index (χ3v) is 5.87. The Bertz CT molecular complexity index is 1110. The van der Waals surface area contributed by atoms with E-state index in [0.717, 1.165) is 5.39 Å². The van der Waals surface area contributed by atoms with Crippen molar-refractivity contribution in [3.63, 3.8) is 0 Å². The number of hydrogen-bond acceptors (Lipinski definition) is 4. The Labute approximate surface area is 144 Å². The van der Waals surface area contributed by atoms with Crippen molar-refractivity contribution < 1.29 is 17.6 Å². The molecule has 0 bridgehead atoms. The Morgan fingerprint density at radius 1 is 1.08 bits per heavy atom. The summed E-state index contributed by atoms with van der Waals surface area (Å²) in [7, 11) is -3.77. The van der Waals surface area contributed by atoms with Crippen molar-refractivity contribution in [3.8, 4) is 0 Å². The van der Waals surface area contributed by atoms with Gasteiger partial charge in [0.2, 0.25) is 5.91 Å². The van der Waals surface area contributed by atoms with Crippen molar-refractivity contribution in [2.45, 2.75) is 24.2 Å². The fourth-order valence-electron chi connectivity index (χ4n) is 2.96. The van der Waals surface area contributed by atoms with E-state index in [9.17, 15) is 13.2 Å². The molecule has 0 aliphatic carbocycles. The number of amides is 1. The standard InChI is InChI=1S/C18H16N2O4S/c1-18(2)14-10-13(4-5-15(14)19-17(18)21)25(22,23)20-12-3-6-16-11(9-12)7-8-24-16/h3-10,20H,1-2H3,(H,19,21). The smallest absolute Gasteiger partial charge is 0.261 e. The molecule has 0 radical (unpaired) electrons. The van der Waals surface area contributed by atoms with Gasteiger partial charge in [-0.25, -0.2) is 8.42 Å². The molecule has 1 aliphatic heterocycles. The fraction of sp³-hybridized carbons (Fsp3) is 0.167. The minimum absolute atomic E-state index is 0.114. The largest absolute Gasteiger partial charge is 0.464 e. The van der Waals surface area contributed by atoms with Gasteiger partial charge in [0.15, 0.2) is 0 Å². The van der Waals surface area contributed by atoms with E-state index in [1.54, 1.807) is 56.5 Å². The number of carbonyl (C=O) groups is 1. The Morgan fingerprint density at radius 3 is 2.68 bits per heavy atom. The average molecular weight is 356 g/mol. The lowest BCUT2D eigenvalue weighted by atomic mass is 9.86. The summed E-state index contributed by atoms with van der Waals surface area (Å²) in [6, 6.07) is 11.5. The number of benzene rings is 2. The van der Waals surface area contributed by atoms with Gasteiger partial charge in [-0.3, -0.25) is 9.52 Å². The summed E-state index contributed by atoms with van der Waals surface area (Å²) >= 11 is 0. The number of anilines is 2. The molecule has 2 aromatic carbocycles. The van der Waals surface area contributed by atoms with Gasteiger partial charge in [0.25, 0.3) is 10.0 Å². The Hall–Kier alpha value is -2.80. The molecule has 1 amide bonds. The maximum Gasteiger partial charge on any atom is 0.261 e. The van der Waals surface area contributed by atoms with Gasteiger partial charge < -0.3 is 9.73 Å². The molecule has 2 heterocycles. The molecule has 2 N–H and O–H groups in total. The molecule has 0 unspecified atom stereocenters. The molecule has 7 heteroatoms. The van der Waals surface area contributed by atoms with Crippen molar-refractivity contribution in [1.82, 2.24) is 0 Å². The Kier molecular flexibility index (Phi) is 3.20. The molecule has 1 aromatic heterocycles. The van der Waals surface area contributed by atoms with E-state index in [1.807, 2.05) is 0 Å². The van der Waals surface area contributed by atoms with Crippen LogP contribution in [0.4, 0.5) is 11.4 Å².